The largest absolute Gasteiger partial charge is 0.399 e. The van der Waals surface area contributed by atoms with E-state index >= 15 is 0 Å². The van der Waals surface area contributed by atoms with Crippen molar-refractivity contribution in [3.8, 4) is 11.4 Å². The molecule has 0 unspecified atom stereocenters. The minimum atomic E-state index is -0.0594. The van der Waals surface area contributed by atoms with Crippen LogP contribution in [0.2, 0.25) is 0 Å². The maximum atomic E-state index is 9.37. The van der Waals surface area contributed by atoms with Gasteiger partial charge in [-0.3, -0.25) is 0 Å². The van der Waals surface area contributed by atoms with Gasteiger partial charge in [-0.05, 0) is 50.3 Å². The van der Waals surface area contributed by atoms with Crippen LogP contribution in [0.1, 0.15) is 38.3 Å². The molecule has 25 heavy (non-hydrogen) atoms. The third kappa shape index (κ3) is 3.90. The number of nitrogen functional groups attached to an aromatic ring is 1. The van der Waals surface area contributed by atoms with Crippen molar-refractivity contribution in [2.45, 2.75) is 43.4 Å². The minimum Gasteiger partial charge on any atom is -0.399 e. The van der Waals surface area contributed by atoms with Gasteiger partial charge >= 0.3 is 0 Å². The van der Waals surface area contributed by atoms with Crippen molar-refractivity contribution in [1.29, 1.82) is 0 Å². The van der Waals surface area contributed by atoms with Gasteiger partial charge in [0.2, 0.25) is 0 Å². The predicted molar refractivity (Wildman–Crippen MR) is 106 cm³/mol. The Bertz CT molecular complexity index is 714. The Balaban J connectivity index is 2.06. The van der Waals surface area contributed by atoms with Crippen LogP contribution in [0, 0.1) is 0 Å². The first-order valence-electron chi connectivity index (χ1n) is 8.74. The topological polar surface area (TPSA) is 84.1 Å². The van der Waals surface area contributed by atoms with Crippen molar-refractivity contribution >= 4 is 23.3 Å². The SMILES string of the molecule is CSC1(c2cc(N[C@@H](C)CO)nc(-c3ccc(N)cc3)n2)CCCC1. The molecule has 1 atom stereocenters. The highest BCUT2D eigenvalue weighted by molar-refractivity contribution is 7.99. The number of aliphatic hydroxyl groups excluding tert-OH is 1. The van der Waals surface area contributed by atoms with Crippen LogP contribution in [0.4, 0.5) is 11.5 Å². The quantitative estimate of drug-likeness (QED) is 0.684. The first-order valence-corrected chi connectivity index (χ1v) is 9.97. The summed E-state index contributed by atoms with van der Waals surface area (Å²) in [6.45, 7) is 1.99. The molecule has 1 saturated carbocycles. The summed E-state index contributed by atoms with van der Waals surface area (Å²) < 4.78 is 0.0599. The van der Waals surface area contributed by atoms with E-state index in [0.717, 1.165) is 35.6 Å². The molecule has 1 aromatic heterocycles. The van der Waals surface area contributed by atoms with E-state index in [0.29, 0.717) is 5.82 Å². The maximum Gasteiger partial charge on any atom is 0.161 e. The van der Waals surface area contributed by atoms with Crippen molar-refractivity contribution < 1.29 is 5.11 Å². The molecule has 1 aliphatic carbocycles. The summed E-state index contributed by atoms with van der Waals surface area (Å²) in [5.74, 6) is 1.46. The summed E-state index contributed by atoms with van der Waals surface area (Å²) >= 11 is 1.89. The highest BCUT2D eigenvalue weighted by Gasteiger charge is 2.37. The molecule has 1 heterocycles. The normalized spacial score (nSPS) is 17.4. The Hall–Kier alpha value is -1.79. The van der Waals surface area contributed by atoms with Gasteiger partial charge in [0, 0.05) is 23.4 Å². The monoisotopic (exact) mass is 358 g/mol. The van der Waals surface area contributed by atoms with Gasteiger partial charge < -0.3 is 16.2 Å². The minimum absolute atomic E-state index is 0.0594. The van der Waals surface area contributed by atoms with Crippen molar-refractivity contribution in [2.75, 3.05) is 23.9 Å². The third-order valence-electron chi connectivity index (χ3n) is 4.83. The molecule has 1 aromatic carbocycles. The number of hydrogen-bond acceptors (Lipinski definition) is 6. The highest BCUT2D eigenvalue weighted by Crippen LogP contribution is 2.48. The van der Waals surface area contributed by atoms with Gasteiger partial charge in [-0.15, -0.1) is 0 Å². The fourth-order valence-corrected chi connectivity index (χ4v) is 4.34. The molecular weight excluding hydrogens is 332 g/mol. The Morgan fingerprint density at radius 3 is 2.52 bits per heavy atom. The van der Waals surface area contributed by atoms with Crippen LogP contribution in [0.25, 0.3) is 11.4 Å². The summed E-state index contributed by atoms with van der Waals surface area (Å²) in [4.78, 5) is 9.59. The molecule has 0 spiro atoms. The zero-order valence-corrected chi connectivity index (χ0v) is 15.6. The van der Waals surface area contributed by atoms with Gasteiger partial charge in [-0.25, -0.2) is 9.97 Å². The summed E-state index contributed by atoms with van der Waals surface area (Å²) in [7, 11) is 0. The second-order valence-corrected chi connectivity index (χ2v) is 7.91. The molecule has 4 N–H and O–H groups in total. The number of hydrogen-bond donors (Lipinski definition) is 3. The number of thioether (sulfide) groups is 1. The van der Waals surface area contributed by atoms with Gasteiger partial charge in [0.15, 0.2) is 5.82 Å². The van der Waals surface area contributed by atoms with E-state index in [2.05, 4.69) is 22.6 Å². The van der Waals surface area contributed by atoms with Gasteiger partial charge in [-0.2, -0.15) is 11.8 Å². The van der Waals surface area contributed by atoms with Crippen LogP contribution < -0.4 is 11.1 Å². The number of benzene rings is 1. The lowest BCUT2D eigenvalue weighted by molar-refractivity contribution is 0.281. The molecule has 0 bridgehead atoms. The summed E-state index contributed by atoms with van der Waals surface area (Å²) in [5, 5.41) is 12.6. The van der Waals surface area contributed by atoms with E-state index < -0.39 is 0 Å². The van der Waals surface area contributed by atoms with Gasteiger partial charge in [0.05, 0.1) is 17.0 Å². The lowest BCUT2D eigenvalue weighted by Gasteiger charge is -2.27. The van der Waals surface area contributed by atoms with Gasteiger partial charge in [0.1, 0.15) is 5.82 Å². The number of aromatic nitrogens is 2. The van der Waals surface area contributed by atoms with E-state index in [-0.39, 0.29) is 17.4 Å². The fourth-order valence-electron chi connectivity index (χ4n) is 3.32. The van der Waals surface area contributed by atoms with Crippen LogP contribution in [0.15, 0.2) is 30.3 Å². The van der Waals surface area contributed by atoms with Crippen molar-refractivity contribution in [3.05, 3.63) is 36.0 Å². The second-order valence-electron chi connectivity index (χ2n) is 6.72. The zero-order chi connectivity index (χ0) is 17.9. The standard InChI is InChI=1S/C19H26N4OS/c1-13(12-24)21-17-11-16(19(25-2)9-3-4-10-19)22-18(23-17)14-5-7-15(20)8-6-14/h5-8,11,13,24H,3-4,9-10,12,20H2,1-2H3,(H,21,22,23)/t13-/m0/s1. The number of anilines is 2. The predicted octanol–water partition coefficient (Wildman–Crippen LogP) is 3.65. The summed E-state index contributed by atoms with van der Waals surface area (Å²) in [5.41, 5.74) is 8.56. The first kappa shape index (κ1) is 18.0. The number of aliphatic hydroxyl groups is 1. The molecule has 0 saturated heterocycles. The molecule has 134 valence electrons. The lowest BCUT2D eigenvalue weighted by atomic mass is 10.0. The Kier molecular flexibility index (Phi) is 5.49. The molecular formula is C19H26N4OS. The van der Waals surface area contributed by atoms with E-state index in [1.165, 1.54) is 12.8 Å². The fraction of sp³-hybridized carbons (Fsp3) is 0.474. The Morgan fingerprint density at radius 2 is 1.92 bits per heavy atom. The smallest absolute Gasteiger partial charge is 0.161 e. The Morgan fingerprint density at radius 1 is 1.24 bits per heavy atom. The number of rotatable bonds is 6. The zero-order valence-electron chi connectivity index (χ0n) is 14.8. The second kappa shape index (κ2) is 7.62. The van der Waals surface area contributed by atoms with Crippen LogP contribution in [-0.2, 0) is 4.75 Å². The number of nitrogens with zero attached hydrogens (tertiary/aromatic N) is 2. The van der Waals surface area contributed by atoms with E-state index in [4.69, 9.17) is 10.7 Å². The summed E-state index contributed by atoms with van der Waals surface area (Å²) in [6.07, 6.45) is 6.91. The Labute approximate surface area is 153 Å². The van der Waals surface area contributed by atoms with E-state index in [1.54, 1.807) is 0 Å². The molecule has 1 fully saturated rings. The highest BCUT2D eigenvalue weighted by atomic mass is 32.2. The average Bonchev–Trinajstić information content (AvgIpc) is 3.12. The number of nitrogens with one attached hydrogen (secondary N) is 1. The third-order valence-corrected chi connectivity index (χ3v) is 6.23. The van der Waals surface area contributed by atoms with Crippen molar-refractivity contribution in [2.24, 2.45) is 0 Å². The molecule has 0 radical (unpaired) electrons. The first-order chi connectivity index (χ1) is 12.1. The van der Waals surface area contributed by atoms with Crippen LogP contribution in [0.5, 0.6) is 0 Å². The molecule has 0 aliphatic heterocycles. The van der Waals surface area contributed by atoms with Crippen LogP contribution in [0.3, 0.4) is 0 Å². The van der Waals surface area contributed by atoms with Gasteiger partial charge in [-0.1, -0.05) is 12.8 Å². The molecule has 5 nitrogen and oxygen atoms in total. The molecule has 6 heteroatoms. The molecule has 3 rings (SSSR count). The molecule has 0 amide bonds. The van der Waals surface area contributed by atoms with E-state index in [1.807, 2.05) is 43.0 Å². The van der Waals surface area contributed by atoms with Crippen LogP contribution >= 0.6 is 11.8 Å². The van der Waals surface area contributed by atoms with Crippen molar-refractivity contribution in [3.63, 3.8) is 0 Å². The molecule has 1 aliphatic rings. The maximum absolute atomic E-state index is 9.37. The average molecular weight is 359 g/mol. The van der Waals surface area contributed by atoms with Crippen molar-refractivity contribution in [1.82, 2.24) is 9.97 Å². The summed E-state index contributed by atoms with van der Waals surface area (Å²) in [6, 6.07) is 9.64. The van der Waals surface area contributed by atoms with Crippen LogP contribution in [-0.4, -0.2) is 34.0 Å². The lowest BCUT2D eigenvalue weighted by Crippen LogP contribution is -2.23. The number of nitrogens with two attached hydrogens (primary N) is 1. The van der Waals surface area contributed by atoms with Gasteiger partial charge in [0.25, 0.3) is 0 Å². The van der Waals surface area contributed by atoms with E-state index in [9.17, 15) is 5.11 Å². The molecule has 2 aromatic rings.